The van der Waals surface area contributed by atoms with Gasteiger partial charge < -0.3 is 5.11 Å². The minimum atomic E-state index is -1.15. The highest BCUT2D eigenvalue weighted by Gasteiger charge is 2.49. The van der Waals surface area contributed by atoms with E-state index in [1.807, 2.05) is 0 Å². The number of carbonyl (C=O) groups is 2. The number of carbonyl (C=O) groups excluding carboxylic acids is 2. The Morgan fingerprint density at radius 1 is 1.00 bits per heavy atom. The van der Waals surface area contributed by atoms with Gasteiger partial charge in [-0.05, 0) is 25.0 Å². The van der Waals surface area contributed by atoms with Crippen LogP contribution in [0.2, 0.25) is 0 Å². The second kappa shape index (κ2) is 4.87. The van der Waals surface area contributed by atoms with Crippen molar-refractivity contribution in [3.8, 4) is 0 Å². The highest BCUT2D eigenvalue weighted by molar-refractivity contribution is 6.21. The fourth-order valence-electron chi connectivity index (χ4n) is 3.33. The first-order valence-electron chi connectivity index (χ1n) is 6.99. The van der Waals surface area contributed by atoms with Crippen molar-refractivity contribution in [3.05, 3.63) is 34.9 Å². The molecule has 0 radical (unpaired) electrons. The van der Waals surface area contributed by atoms with Crippen LogP contribution in [0.5, 0.6) is 0 Å². The largest absolute Gasteiger partial charge is 0.394 e. The van der Waals surface area contributed by atoms with Crippen LogP contribution in [0.3, 0.4) is 0 Å². The molecule has 2 amide bonds. The van der Waals surface area contributed by atoms with Gasteiger partial charge in [0.25, 0.3) is 11.8 Å². The van der Waals surface area contributed by atoms with E-state index in [0.29, 0.717) is 12.8 Å². The SMILES string of the molecule is O=C1c2cc(F)c(F)cc2C(=O)N1C1(CO)CCCCC1. The van der Waals surface area contributed by atoms with Crippen molar-refractivity contribution >= 4 is 11.8 Å². The number of imide groups is 1. The van der Waals surface area contributed by atoms with Gasteiger partial charge in [-0.3, -0.25) is 14.5 Å². The van der Waals surface area contributed by atoms with Crippen molar-refractivity contribution in [1.29, 1.82) is 0 Å². The molecule has 0 aromatic heterocycles. The van der Waals surface area contributed by atoms with Gasteiger partial charge in [0.15, 0.2) is 11.6 Å². The summed E-state index contributed by atoms with van der Waals surface area (Å²) >= 11 is 0. The number of nitrogens with zero attached hydrogens (tertiary/aromatic N) is 1. The summed E-state index contributed by atoms with van der Waals surface area (Å²) in [5.41, 5.74) is -1.20. The van der Waals surface area contributed by atoms with E-state index in [1.54, 1.807) is 0 Å². The van der Waals surface area contributed by atoms with Crippen LogP contribution in [0.15, 0.2) is 12.1 Å². The van der Waals surface area contributed by atoms with E-state index in [9.17, 15) is 23.5 Å². The zero-order chi connectivity index (χ0) is 15.2. The molecule has 0 saturated heterocycles. The van der Waals surface area contributed by atoms with Crippen LogP contribution in [0, 0.1) is 11.6 Å². The van der Waals surface area contributed by atoms with Gasteiger partial charge in [-0.15, -0.1) is 0 Å². The zero-order valence-corrected chi connectivity index (χ0v) is 11.4. The summed E-state index contributed by atoms with van der Waals surface area (Å²) in [5, 5.41) is 9.73. The molecule has 1 fully saturated rings. The topological polar surface area (TPSA) is 57.6 Å². The van der Waals surface area contributed by atoms with Gasteiger partial charge in [0.1, 0.15) is 0 Å². The van der Waals surface area contributed by atoms with Crippen LogP contribution < -0.4 is 0 Å². The molecule has 1 aromatic carbocycles. The van der Waals surface area contributed by atoms with Crippen LogP contribution in [0.4, 0.5) is 8.78 Å². The standard InChI is InChI=1S/C15H15F2NO3/c16-11-6-9-10(7-12(11)17)14(21)18(13(9)20)15(8-19)4-2-1-3-5-15/h6-7,19H,1-5,8H2. The number of amides is 2. The summed E-state index contributed by atoms with van der Waals surface area (Å²) in [6.45, 7) is -0.330. The first-order chi connectivity index (χ1) is 10.00. The molecular weight excluding hydrogens is 280 g/mol. The fourth-order valence-corrected chi connectivity index (χ4v) is 3.33. The Hall–Kier alpha value is -1.82. The molecule has 1 saturated carbocycles. The van der Waals surface area contributed by atoms with E-state index in [2.05, 4.69) is 0 Å². The van der Waals surface area contributed by atoms with Crippen molar-refractivity contribution in [2.45, 2.75) is 37.6 Å². The Morgan fingerprint density at radius 2 is 1.48 bits per heavy atom. The lowest BCUT2D eigenvalue weighted by Gasteiger charge is -2.41. The molecule has 6 heteroatoms. The van der Waals surface area contributed by atoms with Crippen LogP contribution in [-0.4, -0.2) is 34.0 Å². The number of hydrogen-bond donors (Lipinski definition) is 1. The lowest BCUT2D eigenvalue weighted by atomic mass is 9.81. The smallest absolute Gasteiger partial charge is 0.262 e. The van der Waals surface area contributed by atoms with E-state index in [1.165, 1.54) is 0 Å². The molecule has 1 heterocycles. The summed E-state index contributed by atoms with van der Waals surface area (Å²) in [4.78, 5) is 25.9. The minimum Gasteiger partial charge on any atom is -0.394 e. The number of fused-ring (bicyclic) bond motifs is 1. The van der Waals surface area contributed by atoms with Gasteiger partial charge in [0.2, 0.25) is 0 Å². The Kier molecular flexibility index (Phi) is 3.28. The molecule has 0 spiro atoms. The number of rotatable bonds is 2. The molecule has 1 aromatic rings. The Balaban J connectivity index is 2.07. The third-order valence-electron chi connectivity index (χ3n) is 4.48. The summed E-state index contributed by atoms with van der Waals surface area (Å²) in [6, 6.07) is 1.53. The minimum absolute atomic E-state index is 0.128. The molecule has 4 nitrogen and oxygen atoms in total. The molecular formula is C15H15F2NO3. The van der Waals surface area contributed by atoms with Crippen molar-refractivity contribution in [3.63, 3.8) is 0 Å². The molecule has 21 heavy (non-hydrogen) atoms. The van der Waals surface area contributed by atoms with Crippen LogP contribution in [0.25, 0.3) is 0 Å². The first kappa shape index (κ1) is 14.1. The third-order valence-corrected chi connectivity index (χ3v) is 4.48. The predicted molar refractivity (Wildman–Crippen MR) is 69.8 cm³/mol. The van der Waals surface area contributed by atoms with E-state index in [4.69, 9.17) is 0 Å². The molecule has 0 bridgehead atoms. The molecule has 1 aliphatic carbocycles. The second-order valence-electron chi connectivity index (χ2n) is 5.70. The predicted octanol–water partition coefficient (Wildman–Crippen LogP) is 2.26. The normalized spacial score (nSPS) is 20.8. The quantitative estimate of drug-likeness (QED) is 0.851. The summed E-state index contributed by atoms with van der Waals surface area (Å²) in [5.74, 6) is -3.61. The van der Waals surface area contributed by atoms with Crippen LogP contribution in [-0.2, 0) is 0 Å². The fraction of sp³-hybridized carbons (Fsp3) is 0.467. The zero-order valence-electron chi connectivity index (χ0n) is 11.4. The van der Waals surface area contributed by atoms with Gasteiger partial charge in [0, 0.05) is 0 Å². The van der Waals surface area contributed by atoms with E-state index in [0.717, 1.165) is 36.3 Å². The number of aliphatic hydroxyl groups excluding tert-OH is 1. The lowest BCUT2D eigenvalue weighted by Crippen LogP contribution is -2.55. The number of benzene rings is 1. The average molecular weight is 295 g/mol. The monoisotopic (exact) mass is 295 g/mol. The van der Waals surface area contributed by atoms with Crippen molar-refractivity contribution in [2.24, 2.45) is 0 Å². The second-order valence-corrected chi connectivity index (χ2v) is 5.70. The molecule has 0 atom stereocenters. The van der Waals surface area contributed by atoms with Gasteiger partial charge in [-0.2, -0.15) is 0 Å². The Morgan fingerprint density at radius 3 is 1.90 bits per heavy atom. The van der Waals surface area contributed by atoms with Crippen LogP contribution >= 0.6 is 0 Å². The maximum Gasteiger partial charge on any atom is 0.262 e. The first-order valence-corrected chi connectivity index (χ1v) is 6.99. The lowest BCUT2D eigenvalue weighted by molar-refractivity contribution is 0.0113. The van der Waals surface area contributed by atoms with Gasteiger partial charge in [0.05, 0.1) is 23.3 Å². The number of hydrogen-bond acceptors (Lipinski definition) is 3. The maximum absolute atomic E-state index is 13.3. The number of aliphatic hydroxyl groups is 1. The van der Waals surface area contributed by atoms with Crippen molar-refractivity contribution < 1.29 is 23.5 Å². The van der Waals surface area contributed by atoms with Gasteiger partial charge >= 0.3 is 0 Å². The van der Waals surface area contributed by atoms with Crippen molar-refractivity contribution in [2.75, 3.05) is 6.61 Å². The molecule has 1 N–H and O–H groups in total. The van der Waals surface area contributed by atoms with E-state index >= 15 is 0 Å². The highest BCUT2D eigenvalue weighted by Crippen LogP contribution is 2.39. The Bertz CT molecular complexity index is 583. The molecule has 3 rings (SSSR count). The maximum atomic E-state index is 13.3. The molecule has 112 valence electrons. The van der Waals surface area contributed by atoms with E-state index in [-0.39, 0.29) is 17.7 Å². The summed E-state index contributed by atoms with van der Waals surface area (Å²) in [6.07, 6.45) is 3.61. The summed E-state index contributed by atoms with van der Waals surface area (Å²) in [7, 11) is 0. The Labute approximate surface area is 120 Å². The van der Waals surface area contributed by atoms with Crippen molar-refractivity contribution in [1.82, 2.24) is 4.90 Å². The van der Waals surface area contributed by atoms with Crippen LogP contribution in [0.1, 0.15) is 52.8 Å². The molecule has 1 aliphatic heterocycles. The van der Waals surface area contributed by atoms with Gasteiger partial charge in [-0.1, -0.05) is 19.3 Å². The third kappa shape index (κ3) is 1.97. The highest BCUT2D eigenvalue weighted by atomic mass is 19.2. The number of halogens is 2. The molecule has 0 unspecified atom stereocenters. The van der Waals surface area contributed by atoms with E-state index < -0.39 is 29.0 Å². The van der Waals surface area contributed by atoms with Gasteiger partial charge in [-0.25, -0.2) is 8.78 Å². The average Bonchev–Trinajstić information content (AvgIpc) is 2.72. The molecule has 2 aliphatic rings. The summed E-state index contributed by atoms with van der Waals surface area (Å²) < 4.78 is 26.6.